The van der Waals surface area contributed by atoms with E-state index in [4.69, 9.17) is 9.47 Å². The fourth-order valence-electron chi connectivity index (χ4n) is 3.15. The Hall–Kier alpha value is -2.77. The summed E-state index contributed by atoms with van der Waals surface area (Å²) in [5, 5.41) is 11.2. The van der Waals surface area contributed by atoms with Gasteiger partial charge in [-0.15, -0.1) is 0 Å². The second kappa shape index (κ2) is 8.75. The number of aliphatic imine (C=N–C) groups is 1. The van der Waals surface area contributed by atoms with Gasteiger partial charge in [-0.25, -0.2) is 9.67 Å². The molecule has 0 fully saturated rings. The van der Waals surface area contributed by atoms with Crippen molar-refractivity contribution in [3.8, 4) is 11.5 Å². The van der Waals surface area contributed by atoms with Crippen molar-refractivity contribution in [2.75, 3.05) is 20.7 Å². The van der Waals surface area contributed by atoms with E-state index in [1.165, 1.54) is 0 Å². The molecule has 2 N–H and O–H groups in total. The number of hydrogen-bond acceptors (Lipinski definition) is 5. The Morgan fingerprint density at radius 2 is 2.15 bits per heavy atom. The molecule has 0 saturated carbocycles. The highest BCUT2D eigenvalue weighted by Crippen LogP contribution is 2.26. The second-order valence-corrected chi connectivity index (χ2v) is 6.67. The van der Waals surface area contributed by atoms with Gasteiger partial charge in [-0.2, -0.15) is 5.10 Å². The van der Waals surface area contributed by atoms with Crippen LogP contribution in [0.3, 0.4) is 0 Å². The zero-order chi connectivity index (χ0) is 19.2. The van der Waals surface area contributed by atoms with Gasteiger partial charge >= 0.3 is 0 Å². The monoisotopic (exact) mass is 372 g/mol. The van der Waals surface area contributed by atoms with Gasteiger partial charge in [0, 0.05) is 19.5 Å². The molecular formula is C19H28N6O2. The van der Waals surface area contributed by atoms with Crippen LogP contribution >= 0.6 is 0 Å². The lowest BCUT2D eigenvalue weighted by atomic mass is 10.1. The lowest BCUT2D eigenvalue weighted by Crippen LogP contribution is -2.48. The van der Waals surface area contributed by atoms with Gasteiger partial charge in [0.2, 0.25) is 0 Å². The number of nitrogens with zero attached hydrogens (tertiary/aromatic N) is 4. The van der Waals surface area contributed by atoms with Crippen LogP contribution in [0, 0.1) is 6.92 Å². The molecule has 8 heteroatoms. The molecule has 1 aliphatic heterocycles. The Morgan fingerprint density at radius 3 is 2.89 bits per heavy atom. The highest BCUT2D eigenvalue weighted by molar-refractivity contribution is 5.80. The third-order valence-electron chi connectivity index (χ3n) is 4.48. The minimum Gasteiger partial charge on any atom is -0.493 e. The molecule has 1 aliphatic rings. The van der Waals surface area contributed by atoms with E-state index in [-0.39, 0.29) is 12.1 Å². The minimum atomic E-state index is -0.0456. The number of benzene rings is 1. The zero-order valence-corrected chi connectivity index (χ0v) is 16.4. The number of guanidine groups is 1. The Kier molecular flexibility index (Phi) is 6.16. The van der Waals surface area contributed by atoms with E-state index in [1.807, 2.05) is 42.8 Å². The van der Waals surface area contributed by atoms with Gasteiger partial charge in [0.05, 0.1) is 20.2 Å². The van der Waals surface area contributed by atoms with Crippen molar-refractivity contribution in [1.29, 1.82) is 0 Å². The lowest BCUT2D eigenvalue weighted by Gasteiger charge is -2.26. The molecule has 0 saturated heterocycles. The third kappa shape index (κ3) is 4.90. The SMILES string of the molecule is CN=C(NCC(C)Oc1ccccc1OC)NC1CCc2nc(C)nn2C1. The standard InChI is InChI=1S/C19H28N6O2/c1-13(27-17-8-6-5-7-16(17)26-4)11-21-19(20-3)23-15-9-10-18-22-14(2)24-25(18)12-15/h5-8,13,15H,9-12H2,1-4H3,(H2,20,21,23). The highest BCUT2D eigenvalue weighted by Gasteiger charge is 2.21. The van der Waals surface area contributed by atoms with E-state index in [0.717, 1.165) is 48.5 Å². The maximum absolute atomic E-state index is 5.98. The minimum absolute atomic E-state index is 0.0456. The van der Waals surface area contributed by atoms with Gasteiger partial charge in [0.1, 0.15) is 17.8 Å². The van der Waals surface area contributed by atoms with Crippen LogP contribution in [-0.2, 0) is 13.0 Å². The fraction of sp³-hybridized carbons (Fsp3) is 0.526. The van der Waals surface area contributed by atoms with Crippen molar-refractivity contribution in [2.45, 2.75) is 45.4 Å². The van der Waals surface area contributed by atoms with Crippen molar-refractivity contribution in [3.63, 3.8) is 0 Å². The van der Waals surface area contributed by atoms with Crippen LogP contribution in [-0.4, -0.2) is 53.6 Å². The number of nitrogens with one attached hydrogen (secondary N) is 2. The fourth-order valence-corrected chi connectivity index (χ4v) is 3.15. The predicted octanol–water partition coefficient (Wildman–Crippen LogP) is 1.54. The first-order chi connectivity index (χ1) is 13.1. The van der Waals surface area contributed by atoms with Gasteiger partial charge in [-0.05, 0) is 32.4 Å². The second-order valence-electron chi connectivity index (χ2n) is 6.67. The summed E-state index contributed by atoms with van der Waals surface area (Å²) in [6, 6.07) is 7.92. The first-order valence-corrected chi connectivity index (χ1v) is 9.26. The normalized spacial score (nSPS) is 17.8. The van der Waals surface area contributed by atoms with Crippen molar-refractivity contribution in [1.82, 2.24) is 25.4 Å². The molecule has 146 valence electrons. The maximum atomic E-state index is 5.98. The number of rotatable bonds is 6. The van der Waals surface area contributed by atoms with Crippen molar-refractivity contribution in [2.24, 2.45) is 4.99 Å². The number of ether oxygens (including phenoxy) is 2. The van der Waals surface area contributed by atoms with Crippen LogP contribution in [0.1, 0.15) is 25.0 Å². The summed E-state index contributed by atoms with van der Waals surface area (Å²) in [7, 11) is 3.41. The molecule has 0 amide bonds. The lowest BCUT2D eigenvalue weighted by molar-refractivity contribution is 0.213. The highest BCUT2D eigenvalue weighted by atomic mass is 16.5. The van der Waals surface area contributed by atoms with Gasteiger partial charge in [-0.3, -0.25) is 4.99 Å². The Balaban J connectivity index is 1.49. The van der Waals surface area contributed by atoms with Gasteiger partial charge in [0.15, 0.2) is 17.5 Å². The summed E-state index contributed by atoms with van der Waals surface area (Å²) in [4.78, 5) is 8.77. The van der Waals surface area contributed by atoms with Crippen LogP contribution in [0.15, 0.2) is 29.3 Å². The van der Waals surface area contributed by atoms with E-state index >= 15 is 0 Å². The third-order valence-corrected chi connectivity index (χ3v) is 4.48. The largest absolute Gasteiger partial charge is 0.493 e. The van der Waals surface area contributed by atoms with E-state index in [1.54, 1.807) is 14.2 Å². The molecule has 1 aromatic carbocycles. The van der Waals surface area contributed by atoms with Crippen molar-refractivity contribution in [3.05, 3.63) is 35.9 Å². The molecule has 0 aliphatic carbocycles. The Labute approximate surface area is 160 Å². The molecule has 2 heterocycles. The van der Waals surface area contributed by atoms with Crippen molar-refractivity contribution >= 4 is 5.96 Å². The molecule has 0 spiro atoms. The number of para-hydroxylation sites is 2. The van der Waals surface area contributed by atoms with Crippen LogP contribution in [0.5, 0.6) is 11.5 Å². The van der Waals surface area contributed by atoms with E-state index < -0.39 is 0 Å². The number of methoxy groups -OCH3 is 1. The molecule has 1 aromatic heterocycles. The maximum Gasteiger partial charge on any atom is 0.191 e. The molecule has 0 bridgehead atoms. The number of fused-ring (bicyclic) bond motifs is 1. The first-order valence-electron chi connectivity index (χ1n) is 9.26. The smallest absolute Gasteiger partial charge is 0.191 e. The Morgan fingerprint density at radius 1 is 1.37 bits per heavy atom. The summed E-state index contributed by atoms with van der Waals surface area (Å²) in [6.45, 7) is 5.36. The number of aromatic nitrogens is 3. The first kappa shape index (κ1) is 19.0. The molecule has 0 radical (unpaired) electrons. The van der Waals surface area contributed by atoms with Crippen LogP contribution in [0.25, 0.3) is 0 Å². The van der Waals surface area contributed by atoms with Crippen molar-refractivity contribution < 1.29 is 9.47 Å². The molecule has 8 nitrogen and oxygen atoms in total. The molecular weight excluding hydrogens is 344 g/mol. The number of aryl methyl sites for hydroxylation is 2. The average molecular weight is 372 g/mol. The van der Waals surface area contributed by atoms with E-state index in [0.29, 0.717) is 6.54 Å². The summed E-state index contributed by atoms with van der Waals surface area (Å²) < 4.78 is 13.3. The molecule has 2 aromatic rings. The Bertz CT molecular complexity index is 788. The van der Waals surface area contributed by atoms with Crippen LogP contribution in [0.4, 0.5) is 0 Å². The molecule has 2 atom stereocenters. The predicted molar refractivity (Wildman–Crippen MR) is 104 cm³/mol. The van der Waals surface area contributed by atoms with Gasteiger partial charge in [0.25, 0.3) is 0 Å². The summed E-state index contributed by atoms with van der Waals surface area (Å²) in [6.07, 6.45) is 1.88. The quantitative estimate of drug-likeness (QED) is 0.591. The topological polar surface area (TPSA) is 85.6 Å². The van der Waals surface area contributed by atoms with Crippen LogP contribution in [0.2, 0.25) is 0 Å². The zero-order valence-electron chi connectivity index (χ0n) is 16.4. The van der Waals surface area contributed by atoms with Gasteiger partial charge < -0.3 is 20.1 Å². The van der Waals surface area contributed by atoms with Crippen LogP contribution < -0.4 is 20.1 Å². The average Bonchev–Trinajstić information content (AvgIpc) is 3.04. The molecule has 3 rings (SSSR count). The summed E-state index contributed by atoms with van der Waals surface area (Å²) >= 11 is 0. The summed E-state index contributed by atoms with van der Waals surface area (Å²) in [5.41, 5.74) is 0. The molecule has 27 heavy (non-hydrogen) atoms. The number of hydrogen-bond donors (Lipinski definition) is 2. The van der Waals surface area contributed by atoms with E-state index in [2.05, 4.69) is 25.7 Å². The molecule has 2 unspecified atom stereocenters. The van der Waals surface area contributed by atoms with E-state index in [9.17, 15) is 0 Å². The summed E-state index contributed by atoms with van der Waals surface area (Å²) in [5.74, 6) is 4.12. The van der Waals surface area contributed by atoms with Gasteiger partial charge in [-0.1, -0.05) is 12.1 Å².